The molecular formula is C68H112N8. The molecule has 0 heterocycles. The van der Waals surface area contributed by atoms with E-state index in [0.29, 0.717) is 0 Å². The van der Waals surface area contributed by atoms with E-state index in [1.807, 2.05) is 0 Å². The van der Waals surface area contributed by atoms with Gasteiger partial charge in [0.05, 0.1) is 0 Å². The molecule has 0 spiro atoms. The fourth-order valence-electron chi connectivity index (χ4n) is 26.2. The fourth-order valence-corrected chi connectivity index (χ4v) is 26.2. The highest BCUT2D eigenvalue weighted by Crippen LogP contribution is 2.72. The molecule has 16 bridgehead atoms. The molecule has 0 aromatic rings. The smallest absolute Gasteiger partial charge is 0.0279 e. The van der Waals surface area contributed by atoms with E-state index in [0.717, 1.165) is 196 Å². The van der Waals surface area contributed by atoms with E-state index < -0.39 is 0 Å². The lowest BCUT2D eigenvalue weighted by molar-refractivity contribution is 0.0330. The van der Waals surface area contributed by atoms with Crippen molar-refractivity contribution in [2.45, 2.75) is 75.9 Å². The molecule has 0 saturated heterocycles. The summed E-state index contributed by atoms with van der Waals surface area (Å²) in [6.07, 6.45) is 33.7. The number of hydrogen-bond acceptors (Lipinski definition) is 8. The van der Waals surface area contributed by atoms with Gasteiger partial charge in [-0.2, -0.15) is 0 Å². The van der Waals surface area contributed by atoms with Gasteiger partial charge in [0, 0.05) is 44.3 Å². The van der Waals surface area contributed by atoms with E-state index in [1.54, 1.807) is 6.42 Å². The van der Waals surface area contributed by atoms with Crippen molar-refractivity contribution in [1.82, 2.24) is 34.3 Å². The van der Waals surface area contributed by atoms with Crippen LogP contribution in [-0.4, -0.2) is 184 Å². The summed E-state index contributed by atoms with van der Waals surface area (Å²) in [6, 6.07) is 2.42. The minimum Gasteiger partial charge on any atom is -0.330 e. The molecule has 424 valence electrons. The monoisotopic (exact) mass is 1040 g/mol. The average molecular weight is 1040 g/mol. The number of allylic oxidation sites excluding steroid dienone is 8. The molecule has 0 aromatic heterocycles. The summed E-state index contributed by atoms with van der Waals surface area (Å²) in [5, 5.41) is 0. The zero-order chi connectivity index (χ0) is 53.1. The van der Waals surface area contributed by atoms with Gasteiger partial charge in [0.2, 0.25) is 0 Å². The van der Waals surface area contributed by atoms with Gasteiger partial charge >= 0.3 is 0 Å². The van der Waals surface area contributed by atoms with Gasteiger partial charge in [0.1, 0.15) is 0 Å². The van der Waals surface area contributed by atoms with Gasteiger partial charge < -0.3 is 40.0 Å². The Morgan fingerprint density at radius 2 is 0.500 bits per heavy atom. The first-order chi connectivity index (χ1) is 36.4. The zero-order valence-electron chi connectivity index (χ0n) is 50.7. The third-order valence-corrected chi connectivity index (χ3v) is 27.0. The summed E-state index contributed by atoms with van der Waals surface area (Å²) < 4.78 is 0. The third-order valence-electron chi connectivity index (χ3n) is 27.0. The van der Waals surface area contributed by atoms with Gasteiger partial charge in [-0.25, -0.2) is 0 Å². The number of hydrogen-bond donors (Lipinski definition) is 1. The maximum absolute atomic E-state index is 5.92. The summed E-state index contributed by atoms with van der Waals surface area (Å²) >= 11 is 0. The van der Waals surface area contributed by atoms with Crippen molar-refractivity contribution in [2.75, 3.05) is 131 Å². The van der Waals surface area contributed by atoms with Gasteiger partial charge in [-0.05, 0) is 335 Å². The van der Waals surface area contributed by atoms with Gasteiger partial charge in [0.15, 0.2) is 0 Å². The van der Waals surface area contributed by atoms with Gasteiger partial charge in [0.25, 0.3) is 0 Å². The Balaban J connectivity index is 0.0000000971. The van der Waals surface area contributed by atoms with Crippen LogP contribution in [0.25, 0.3) is 0 Å². The first-order valence-electron chi connectivity index (χ1n) is 32.4. The van der Waals surface area contributed by atoms with Crippen LogP contribution >= 0.6 is 0 Å². The van der Waals surface area contributed by atoms with Crippen molar-refractivity contribution in [2.24, 2.45) is 177 Å². The molecule has 0 aliphatic heterocycles. The van der Waals surface area contributed by atoms with E-state index in [9.17, 15) is 0 Å². The van der Waals surface area contributed by atoms with Crippen LogP contribution < -0.4 is 5.73 Å². The molecule has 16 aliphatic carbocycles. The molecule has 12 saturated carbocycles. The van der Waals surface area contributed by atoms with Gasteiger partial charge in [-0.3, -0.25) is 0 Å². The van der Waals surface area contributed by atoms with Crippen LogP contribution in [0.2, 0.25) is 0 Å². The molecule has 12 fully saturated rings. The van der Waals surface area contributed by atoms with E-state index in [-0.39, 0.29) is 0 Å². The van der Waals surface area contributed by atoms with Crippen molar-refractivity contribution < 1.29 is 0 Å². The first kappa shape index (κ1) is 53.9. The van der Waals surface area contributed by atoms with E-state index in [4.69, 9.17) is 5.73 Å². The zero-order valence-corrected chi connectivity index (χ0v) is 50.7. The number of nitrogens with two attached hydrogens (primary N) is 1. The van der Waals surface area contributed by atoms with Crippen LogP contribution in [0.3, 0.4) is 0 Å². The second-order valence-electron chi connectivity index (χ2n) is 32.0. The highest BCUT2D eigenvalue weighted by atomic mass is 15.2. The van der Waals surface area contributed by atoms with Crippen LogP contribution in [0.5, 0.6) is 0 Å². The highest BCUT2D eigenvalue weighted by molar-refractivity contribution is 5.27. The van der Waals surface area contributed by atoms with Crippen molar-refractivity contribution >= 4 is 0 Å². The minimum absolute atomic E-state index is 0.791. The Bertz CT molecular complexity index is 2120. The van der Waals surface area contributed by atoms with Crippen LogP contribution in [0.15, 0.2) is 48.6 Å². The van der Waals surface area contributed by atoms with Crippen LogP contribution in [0.4, 0.5) is 0 Å². The van der Waals surface area contributed by atoms with Crippen LogP contribution in [0.1, 0.15) is 57.8 Å². The third kappa shape index (κ3) is 8.48. The lowest BCUT2D eigenvalue weighted by Crippen LogP contribution is -2.55. The molecule has 0 amide bonds. The maximum atomic E-state index is 5.92. The summed E-state index contributed by atoms with van der Waals surface area (Å²) in [4.78, 5) is 17.3. The normalized spacial score (nSPS) is 53.7. The lowest BCUT2D eigenvalue weighted by Gasteiger charge is -2.46. The number of fused-ring (bicyclic) bond motifs is 36. The van der Waals surface area contributed by atoms with Crippen LogP contribution in [0, 0.1) is 172 Å². The minimum atomic E-state index is 0.791. The molecule has 8 nitrogen and oxygen atoms in total. The van der Waals surface area contributed by atoms with Gasteiger partial charge in [-0.1, -0.05) is 48.6 Å². The molecule has 0 radical (unpaired) electrons. The summed E-state index contributed by atoms with van der Waals surface area (Å²) in [5.74, 6) is 28.4. The molecule has 32 atom stereocenters. The van der Waals surface area contributed by atoms with Gasteiger partial charge in [-0.15, -0.1) is 0 Å². The van der Waals surface area contributed by atoms with E-state index in [1.165, 1.54) is 77.5 Å². The lowest BCUT2D eigenvalue weighted by atomic mass is 9.64. The average Bonchev–Trinajstić information content (AvgIpc) is 4.33. The molecule has 76 heavy (non-hydrogen) atoms. The predicted octanol–water partition coefficient (Wildman–Crippen LogP) is 8.76. The summed E-state index contributed by atoms with van der Waals surface area (Å²) in [7, 11) is 31.8. The Kier molecular flexibility index (Phi) is 14.6. The second kappa shape index (κ2) is 20.5. The molecule has 0 aromatic carbocycles. The predicted molar refractivity (Wildman–Crippen MR) is 315 cm³/mol. The second-order valence-corrected chi connectivity index (χ2v) is 32.0. The molecule has 2 N–H and O–H groups in total. The topological polar surface area (TPSA) is 48.7 Å². The molecule has 8 heteroatoms. The maximum Gasteiger partial charge on any atom is 0.0279 e. The SMILES string of the molecule is CN(C)C1C2CC(C3C4C=CC(C4)C23)C1N(C)C.CN(C)CC1C(CCN)C2CC1C1C3C=CC(C3)C21.CN(C)CC1C(CN(C)C)C2CC1C1C3C=CC(C3)C21.CN(C)CC1C2CC(C3C4C=CC(C4)C23)C1N(C)C. The Labute approximate surface area is 465 Å². The summed E-state index contributed by atoms with van der Waals surface area (Å²) in [5.41, 5.74) is 5.92. The van der Waals surface area contributed by atoms with Crippen molar-refractivity contribution in [1.29, 1.82) is 0 Å². The first-order valence-corrected chi connectivity index (χ1v) is 32.4. The number of rotatable bonds is 13. The van der Waals surface area contributed by atoms with E-state index >= 15 is 0 Å². The summed E-state index contributed by atoms with van der Waals surface area (Å²) in [6.45, 7) is 6.08. The van der Waals surface area contributed by atoms with Crippen molar-refractivity contribution in [3.8, 4) is 0 Å². The standard InChI is InChI=1S/C18H30N2.2C17H28N2.C16H26N2/c1-19(2)9-15-13-8-14(16(15)10-20(3)4)18-12-6-5-11(7-12)17(13)18;1-18(2)9-14-12-8-13(17(14)19(3)4)16-11-6-5-10(7-11)15(12)16;1-19(2)9-15-12(5-6-18)13-8-14(15)17-11-4-3-10(7-11)16(13)17;1-17(2)15-11-8-12(16(15)18(3)4)14-10-6-5-9(7-10)13(11)14/h5-6,11-18H,7-10H2,1-4H3;5-6,10-17H,7-9H2,1-4H3;3-4,10-17H,5-9,18H2,1-2H3;5-6,9-16H,7-8H2,1-4H3. The van der Waals surface area contributed by atoms with Crippen LogP contribution in [-0.2, 0) is 0 Å². The molecule has 16 aliphatic rings. The highest BCUT2D eigenvalue weighted by Gasteiger charge is 2.68. The number of nitrogens with zero attached hydrogens (tertiary/aromatic N) is 7. The van der Waals surface area contributed by atoms with E-state index in [2.05, 4.69) is 182 Å². The fraction of sp³-hybridized carbons (Fsp3) is 0.882. The van der Waals surface area contributed by atoms with Crippen molar-refractivity contribution in [3.05, 3.63) is 48.6 Å². The quantitative estimate of drug-likeness (QED) is 0.145. The molecule has 16 rings (SSSR count). The largest absolute Gasteiger partial charge is 0.330 e. The Hall–Kier alpha value is -1.36. The van der Waals surface area contributed by atoms with Crippen molar-refractivity contribution in [3.63, 3.8) is 0 Å². The Morgan fingerprint density at radius 1 is 0.276 bits per heavy atom. The molecule has 32 unspecified atom stereocenters. The number of likely N-dealkylation sites (N-methyl/N-ethyl adjacent to an activating group) is 2. The molecular weight excluding hydrogens is 929 g/mol. The Morgan fingerprint density at radius 3 is 0.789 bits per heavy atom.